The minimum atomic E-state index is 0.570. The van der Waals surface area contributed by atoms with Crippen LogP contribution in [0.2, 0.25) is 0 Å². The van der Waals surface area contributed by atoms with Gasteiger partial charge in [0.05, 0.1) is 0 Å². The first-order valence-electron chi connectivity index (χ1n) is 11.2. The summed E-state index contributed by atoms with van der Waals surface area (Å²) in [7, 11) is 0. The Balaban J connectivity index is 1.45. The maximum Gasteiger partial charge on any atom is -0.0105 e. The number of benzene rings is 1. The van der Waals surface area contributed by atoms with Gasteiger partial charge < -0.3 is 0 Å². The third-order valence-corrected chi connectivity index (χ3v) is 9.79. The Morgan fingerprint density at radius 2 is 1.52 bits per heavy atom. The van der Waals surface area contributed by atoms with Crippen molar-refractivity contribution in [2.45, 2.75) is 84.0 Å². The van der Waals surface area contributed by atoms with Gasteiger partial charge in [-0.15, -0.1) is 0 Å². The van der Waals surface area contributed by atoms with Gasteiger partial charge >= 0.3 is 0 Å². The van der Waals surface area contributed by atoms with Crippen LogP contribution in [0.3, 0.4) is 0 Å². The molecule has 25 heavy (non-hydrogen) atoms. The summed E-state index contributed by atoms with van der Waals surface area (Å²) in [6, 6.07) is 11.5. The molecule has 0 N–H and O–H groups in total. The van der Waals surface area contributed by atoms with Gasteiger partial charge in [0.2, 0.25) is 0 Å². The molecule has 0 heteroatoms. The summed E-state index contributed by atoms with van der Waals surface area (Å²) < 4.78 is 0. The van der Waals surface area contributed by atoms with Crippen molar-refractivity contribution in [3.63, 3.8) is 0 Å². The summed E-state index contributed by atoms with van der Waals surface area (Å²) >= 11 is 0. The van der Waals surface area contributed by atoms with Gasteiger partial charge in [0, 0.05) is 0 Å². The van der Waals surface area contributed by atoms with E-state index in [9.17, 15) is 0 Å². The molecule has 4 fully saturated rings. The number of fused-ring (bicyclic) bond motifs is 5. The van der Waals surface area contributed by atoms with Crippen molar-refractivity contribution in [3.05, 3.63) is 35.9 Å². The monoisotopic (exact) mass is 336 g/mol. The van der Waals surface area contributed by atoms with Gasteiger partial charge in [0.25, 0.3) is 0 Å². The molecule has 0 nitrogen and oxygen atoms in total. The largest absolute Gasteiger partial charge is 0.0622 e. The summed E-state index contributed by atoms with van der Waals surface area (Å²) in [6.07, 6.45) is 15.1. The number of rotatable bonds is 1. The van der Waals surface area contributed by atoms with Crippen LogP contribution in [-0.4, -0.2) is 0 Å². The molecule has 0 aromatic heterocycles. The lowest BCUT2D eigenvalue weighted by Crippen LogP contribution is -2.52. The molecule has 0 radical (unpaired) electrons. The normalized spacial score (nSPS) is 49.1. The van der Waals surface area contributed by atoms with Crippen LogP contribution >= 0.6 is 0 Å². The van der Waals surface area contributed by atoms with E-state index < -0.39 is 0 Å². The summed E-state index contributed by atoms with van der Waals surface area (Å²) in [5, 5.41) is 0. The van der Waals surface area contributed by atoms with E-state index in [1.165, 1.54) is 51.4 Å². The molecule has 5 rings (SSSR count). The molecule has 1 aromatic rings. The Morgan fingerprint density at radius 3 is 2.36 bits per heavy atom. The zero-order chi connectivity index (χ0) is 17.1. The Bertz CT molecular complexity index is 618. The minimum Gasteiger partial charge on any atom is -0.0622 e. The average Bonchev–Trinajstić information content (AvgIpc) is 2.99. The van der Waals surface area contributed by atoms with Gasteiger partial charge in [-0.25, -0.2) is 0 Å². The molecule has 4 aliphatic rings. The standard InChI is InChI=1S/C25H36/c1-24-16-7-6-10-19(24)11-12-20-22-14-13-21(18-8-4-3-5-9-18)25(22,2)17-15-23(20)24/h3-5,8-9,19-23H,6-7,10-17H2,1-2H3/t19-,20+,21-,22+,23+,24+,25-/m1/s1. The lowest BCUT2D eigenvalue weighted by atomic mass is 9.44. The van der Waals surface area contributed by atoms with Gasteiger partial charge in [-0.2, -0.15) is 0 Å². The molecule has 0 heterocycles. The molecule has 0 spiro atoms. The highest BCUT2D eigenvalue weighted by molar-refractivity contribution is 5.25. The fourth-order valence-electron chi connectivity index (χ4n) is 8.53. The number of hydrogen-bond acceptors (Lipinski definition) is 0. The first-order valence-corrected chi connectivity index (χ1v) is 11.2. The molecule has 136 valence electrons. The van der Waals surface area contributed by atoms with Crippen molar-refractivity contribution in [3.8, 4) is 0 Å². The van der Waals surface area contributed by atoms with Crippen molar-refractivity contribution in [1.82, 2.24) is 0 Å². The van der Waals surface area contributed by atoms with Crippen LogP contribution in [0.1, 0.15) is 89.5 Å². The maximum absolute atomic E-state index is 2.71. The lowest BCUT2D eigenvalue weighted by Gasteiger charge is -2.60. The quantitative estimate of drug-likeness (QED) is 0.508. The third kappa shape index (κ3) is 2.31. The van der Waals surface area contributed by atoms with Crippen LogP contribution in [0.25, 0.3) is 0 Å². The summed E-state index contributed by atoms with van der Waals surface area (Å²) in [4.78, 5) is 0. The SMILES string of the molecule is C[C@]12CCCC[C@@H]1CC[C@@H]1[C@@H]2CC[C@]2(C)[C@@H](c3ccccc3)CC[C@@H]12. The second kappa shape index (κ2) is 5.86. The highest BCUT2D eigenvalue weighted by atomic mass is 14.6. The smallest absolute Gasteiger partial charge is 0.0105 e. The van der Waals surface area contributed by atoms with Crippen LogP contribution in [0.15, 0.2) is 30.3 Å². The first kappa shape index (κ1) is 16.4. The first-order chi connectivity index (χ1) is 12.1. The molecular weight excluding hydrogens is 300 g/mol. The van der Waals surface area contributed by atoms with Gasteiger partial charge in [0.15, 0.2) is 0 Å². The summed E-state index contributed by atoms with van der Waals surface area (Å²) in [5.41, 5.74) is 2.89. The molecule has 0 unspecified atom stereocenters. The van der Waals surface area contributed by atoms with E-state index in [0.29, 0.717) is 10.8 Å². The average molecular weight is 337 g/mol. The van der Waals surface area contributed by atoms with Gasteiger partial charge in [0.1, 0.15) is 0 Å². The zero-order valence-corrected chi connectivity index (χ0v) is 16.3. The second-order valence-corrected chi connectivity index (χ2v) is 10.5. The molecule has 4 saturated carbocycles. The molecule has 4 aliphatic carbocycles. The molecule has 0 saturated heterocycles. The van der Waals surface area contributed by atoms with Crippen LogP contribution in [-0.2, 0) is 0 Å². The minimum absolute atomic E-state index is 0.570. The third-order valence-electron chi connectivity index (χ3n) is 9.79. The van der Waals surface area contributed by atoms with E-state index in [-0.39, 0.29) is 0 Å². The maximum atomic E-state index is 2.71. The molecule has 7 atom stereocenters. The van der Waals surface area contributed by atoms with Crippen LogP contribution < -0.4 is 0 Å². The Labute approximate surface area is 154 Å². The van der Waals surface area contributed by atoms with Crippen molar-refractivity contribution in [2.24, 2.45) is 34.5 Å². The van der Waals surface area contributed by atoms with Crippen molar-refractivity contribution < 1.29 is 0 Å². The van der Waals surface area contributed by atoms with E-state index in [0.717, 1.165) is 29.6 Å². The fraction of sp³-hybridized carbons (Fsp3) is 0.760. The Morgan fingerprint density at radius 1 is 0.720 bits per heavy atom. The predicted octanol–water partition coefficient (Wildman–Crippen LogP) is 7.20. The summed E-state index contributed by atoms with van der Waals surface area (Å²) in [5.74, 6) is 4.94. The zero-order valence-electron chi connectivity index (χ0n) is 16.3. The van der Waals surface area contributed by atoms with Crippen LogP contribution in [0.4, 0.5) is 0 Å². The van der Waals surface area contributed by atoms with Gasteiger partial charge in [-0.05, 0) is 97.3 Å². The van der Waals surface area contributed by atoms with E-state index in [1.807, 2.05) is 0 Å². The van der Waals surface area contributed by atoms with E-state index >= 15 is 0 Å². The molecule has 0 bridgehead atoms. The topological polar surface area (TPSA) is 0 Å². The van der Waals surface area contributed by atoms with Gasteiger partial charge in [-0.1, -0.05) is 57.0 Å². The van der Waals surface area contributed by atoms with E-state index in [4.69, 9.17) is 0 Å². The molecule has 1 aromatic carbocycles. The Hall–Kier alpha value is -0.780. The molecule has 0 amide bonds. The van der Waals surface area contributed by atoms with Crippen LogP contribution in [0, 0.1) is 34.5 Å². The second-order valence-electron chi connectivity index (χ2n) is 10.5. The Kier molecular flexibility index (Phi) is 3.85. The van der Waals surface area contributed by atoms with Gasteiger partial charge in [-0.3, -0.25) is 0 Å². The molecular formula is C25H36. The predicted molar refractivity (Wildman–Crippen MR) is 106 cm³/mol. The van der Waals surface area contributed by atoms with E-state index in [2.05, 4.69) is 44.2 Å². The van der Waals surface area contributed by atoms with E-state index in [1.54, 1.807) is 18.4 Å². The van der Waals surface area contributed by atoms with Crippen LogP contribution in [0.5, 0.6) is 0 Å². The fourth-order valence-corrected chi connectivity index (χ4v) is 8.53. The lowest BCUT2D eigenvalue weighted by molar-refractivity contribution is -0.105. The molecule has 0 aliphatic heterocycles. The van der Waals surface area contributed by atoms with Crippen molar-refractivity contribution >= 4 is 0 Å². The summed E-state index contributed by atoms with van der Waals surface area (Å²) in [6.45, 7) is 5.38. The van der Waals surface area contributed by atoms with Crippen molar-refractivity contribution in [1.29, 1.82) is 0 Å². The highest BCUT2D eigenvalue weighted by Gasteiger charge is 2.59. The number of hydrogen-bond donors (Lipinski definition) is 0. The van der Waals surface area contributed by atoms with Crippen molar-refractivity contribution in [2.75, 3.05) is 0 Å². The highest BCUT2D eigenvalue weighted by Crippen LogP contribution is 2.68.